The van der Waals surface area contributed by atoms with Crippen LogP contribution < -0.4 is 10.5 Å². The molecule has 104 valence electrons. The van der Waals surface area contributed by atoms with Crippen molar-refractivity contribution in [2.45, 2.75) is 18.9 Å². The van der Waals surface area contributed by atoms with Crippen molar-refractivity contribution < 1.29 is 9.53 Å². The highest BCUT2D eigenvalue weighted by molar-refractivity contribution is 6.31. The second-order valence-corrected chi connectivity index (χ2v) is 5.34. The molecule has 2 N–H and O–H groups in total. The topological polar surface area (TPSA) is 55.6 Å². The molecule has 2 rings (SSSR count). The van der Waals surface area contributed by atoms with Gasteiger partial charge in [-0.15, -0.1) is 0 Å². The van der Waals surface area contributed by atoms with E-state index in [9.17, 15) is 4.79 Å². The van der Waals surface area contributed by atoms with Gasteiger partial charge in [0.25, 0.3) is 5.91 Å². The normalized spacial score (nSPS) is 16.0. The maximum atomic E-state index is 12.5. The summed E-state index contributed by atoms with van der Waals surface area (Å²) >= 11 is 5.96. The van der Waals surface area contributed by atoms with Gasteiger partial charge in [-0.1, -0.05) is 11.6 Å². The molecule has 1 fully saturated rings. The van der Waals surface area contributed by atoms with E-state index in [1.165, 1.54) is 0 Å². The average Bonchev–Trinajstić information content (AvgIpc) is 3.23. The first-order chi connectivity index (χ1) is 9.08. The van der Waals surface area contributed by atoms with Gasteiger partial charge in [0.15, 0.2) is 0 Å². The maximum Gasteiger partial charge on any atom is 0.257 e. The molecule has 1 aromatic carbocycles. The number of amides is 1. The SMILES string of the molecule is COc1ccc(Cl)cc1C(=O)N(C)C(CN)C1CC1. The molecular weight excluding hydrogens is 264 g/mol. The molecule has 5 heteroatoms. The molecule has 0 bridgehead atoms. The summed E-state index contributed by atoms with van der Waals surface area (Å²) in [6.07, 6.45) is 2.29. The van der Waals surface area contributed by atoms with E-state index in [1.807, 2.05) is 0 Å². The third kappa shape index (κ3) is 3.01. The number of carbonyl (C=O) groups is 1. The number of nitrogens with two attached hydrogens (primary N) is 1. The predicted molar refractivity (Wildman–Crippen MR) is 75.7 cm³/mol. The van der Waals surface area contributed by atoms with Crippen LogP contribution in [0.2, 0.25) is 5.02 Å². The molecule has 0 saturated heterocycles. The van der Waals surface area contributed by atoms with Gasteiger partial charge in [0.05, 0.1) is 12.7 Å². The Morgan fingerprint density at radius 1 is 1.58 bits per heavy atom. The molecule has 1 saturated carbocycles. The van der Waals surface area contributed by atoms with Gasteiger partial charge in [0.1, 0.15) is 5.75 Å². The lowest BCUT2D eigenvalue weighted by Gasteiger charge is -2.27. The summed E-state index contributed by atoms with van der Waals surface area (Å²) in [5.41, 5.74) is 6.26. The fourth-order valence-electron chi connectivity index (χ4n) is 2.34. The lowest BCUT2D eigenvalue weighted by Crippen LogP contribution is -2.43. The number of methoxy groups -OCH3 is 1. The van der Waals surface area contributed by atoms with Crippen LogP contribution in [-0.2, 0) is 0 Å². The summed E-state index contributed by atoms with van der Waals surface area (Å²) in [6.45, 7) is 0.482. The highest BCUT2D eigenvalue weighted by Gasteiger charge is 2.35. The smallest absolute Gasteiger partial charge is 0.257 e. The van der Waals surface area contributed by atoms with E-state index in [0.717, 1.165) is 12.8 Å². The van der Waals surface area contributed by atoms with E-state index < -0.39 is 0 Å². The highest BCUT2D eigenvalue weighted by Crippen LogP contribution is 2.35. The number of ether oxygens (including phenoxy) is 1. The van der Waals surface area contributed by atoms with Crippen molar-refractivity contribution in [2.24, 2.45) is 11.7 Å². The molecule has 0 spiro atoms. The Morgan fingerprint density at radius 3 is 2.79 bits per heavy atom. The average molecular weight is 283 g/mol. The number of halogens is 1. The fraction of sp³-hybridized carbons (Fsp3) is 0.500. The molecule has 1 unspecified atom stereocenters. The second kappa shape index (κ2) is 5.80. The third-order valence-electron chi connectivity index (χ3n) is 3.62. The van der Waals surface area contributed by atoms with Gasteiger partial charge in [-0.3, -0.25) is 4.79 Å². The van der Waals surface area contributed by atoms with Gasteiger partial charge in [-0.25, -0.2) is 0 Å². The Labute approximate surface area is 118 Å². The number of hydrogen-bond donors (Lipinski definition) is 1. The largest absolute Gasteiger partial charge is 0.496 e. The molecule has 0 heterocycles. The highest BCUT2D eigenvalue weighted by atomic mass is 35.5. The summed E-state index contributed by atoms with van der Waals surface area (Å²) < 4.78 is 5.22. The van der Waals surface area contributed by atoms with Gasteiger partial charge in [-0.05, 0) is 37.0 Å². The first-order valence-electron chi connectivity index (χ1n) is 6.39. The van der Waals surface area contributed by atoms with Crippen molar-refractivity contribution in [3.05, 3.63) is 28.8 Å². The summed E-state index contributed by atoms with van der Waals surface area (Å²) in [7, 11) is 3.33. The van der Waals surface area contributed by atoms with Crippen LogP contribution in [-0.4, -0.2) is 37.6 Å². The molecule has 1 aliphatic carbocycles. The van der Waals surface area contributed by atoms with Crippen LogP contribution in [0.15, 0.2) is 18.2 Å². The zero-order valence-corrected chi connectivity index (χ0v) is 12.0. The minimum atomic E-state index is -0.0956. The van der Waals surface area contributed by atoms with Crippen molar-refractivity contribution in [2.75, 3.05) is 20.7 Å². The van der Waals surface area contributed by atoms with Crippen LogP contribution in [0.25, 0.3) is 0 Å². The quantitative estimate of drug-likeness (QED) is 0.900. The van der Waals surface area contributed by atoms with E-state index in [4.69, 9.17) is 22.1 Å². The first-order valence-corrected chi connectivity index (χ1v) is 6.77. The molecule has 0 aromatic heterocycles. The number of benzene rings is 1. The molecule has 1 atom stereocenters. The number of nitrogens with zero attached hydrogens (tertiary/aromatic N) is 1. The van der Waals surface area contributed by atoms with Crippen LogP contribution in [0.1, 0.15) is 23.2 Å². The number of carbonyl (C=O) groups excluding carboxylic acids is 1. The number of rotatable bonds is 5. The molecule has 19 heavy (non-hydrogen) atoms. The van der Waals surface area contributed by atoms with Gasteiger partial charge >= 0.3 is 0 Å². The Kier molecular flexibility index (Phi) is 4.32. The molecule has 0 aliphatic heterocycles. The van der Waals surface area contributed by atoms with Gasteiger partial charge in [-0.2, -0.15) is 0 Å². The number of likely N-dealkylation sites (N-methyl/N-ethyl adjacent to an activating group) is 1. The van der Waals surface area contributed by atoms with Crippen molar-refractivity contribution in [3.63, 3.8) is 0 Å². The maximum absolute atomic E-state index is 12.5. The van der Waals surface area contributed by atoms with Gasteiger partial charge in [0.2, 0.25) is 0 Å². The van der Waals surface area contributed by atoms with E-state index in [0.29, 0.717) is 28.8 Å². The standard InChI is InChI=1S/C14H19ClN2O2/c1-17(12(8-16)9-3-4-9)14(18)11-7-10(15)5-6-13(11)19-2/h5-7,9,12H,3-4,8,16H2,1-2H3. The fourth-order valence-corrected chi connectivity index (χ4v) is 2.51. The Hall–Kier alpha value is -1.26. The van der Waals surface area contributed by atoms with Gasteiger partial charge < -0.3 is 15.4 Å². The zero-order valence-electron chi connectivity index (χ0n) is 11.2. The lowest BCUT2D eigenvalue weighted by atomic mass is 10.1. The molecule has 0 radical (unpaired) electrons. The molecule has 1 aromatic rings. The Balaban J connectivity index is 2.24. The lowest BCUT2D eigenvalue weighted by molar-refractivity contribution is 0.0715. The van der Waals surface area contributed by atoms with Gasteiger partial charge in [0, 0.05) is 24.7 Å². The van der Waals surface area contributed by atoms with Crippen molar-refractivity contribution >= 4 is 17.5 Å². The predicted octanol–water partition coefficient (Wildman–Crippen LogP) is 2.16. The van der Waals surface area contributed by atoms with E-state index >= 15 is 0 Å². The van der Waals surface area contributed by atoms with Crippen LogP contribution in [0.3, 0.4) is 0 Å². The van der Waals surface area contributed by atoms with Crippen LogP contribution in [0.5, 0.6) is 5.75 Å². The van der Waals surface area contributed by atoms with Crippen LogP contribution >= 0.6 is 11.6 Å². The Morgan fingerprint density at radius 2 is 2.26 bits per heavy atom. The zero-order chi connectivity index (χ0) is 14.0. The summed E-state index contributed by atoms with van der Waals surface area (Å²) in [4.78, 5) is 14.3. The van der Waals surface area contributed by atoms with Crippen LogP contribution in [0, 0.1) is 5.92 Å². The Bertz CT molecular complexity index is 475. The minimum Gasteiger partial charge on any atom is -0.496 e. The monoisotopic (exact) mass is 282 g/mol. The molecule has 1 aliphatic rings. The summed E-state index contributed by atoms with van der Waals surface area (Å²) in [5.74, 6) is 0.971. The molecule has 4 nitrogen and oxygen atoms in total. The van der Waals surface area contributed by atoms with Crippen molar-refractivity contribution in [3.8, 4) is 5.75 Å². The third-order valence-corrected chi connectivity index (χ3v) is 3.85. The summed E-state index contributed by atoms with van der Waals surface area (Å²) in [6, 6.07) is 5.15. The minimum absolute atomic E-state index is 0.0937. The van der Waals surface area contributed by atoms with E-state index in [1.54, 1.807) is 37.3 Å². The first kappa shape index (κ1) is 14.2. The van der Waals surface area contributed by atoms with Crippen LogP contribution in [0.4, 0.5) is 0 Å². The van der Waals surface area contributed by atoms with Crippen molar-refractivity contribution in [1.82, 2.24) is 4.90 Å². The number of hydrogen-bond acceptors (Lipinski definition) is 3. The van der Waals surface area contributed by atoms with E-state index in [2.05, 4.69) is 0 Å². The van der Waals surface area contributed by atoms with Crippen molar-refractivity contribution in [1.29, 1.82) is 0 Å². The summed E-state index contributed by atoms with van der Waals surface area (Å²) in [5, 5.41) is 0.522. The molecular formula is C14H19ClN2O2. The second-order valence-electron chi connectivity index (χ2n) is 4.90. The molecule has 1 amide bonds. The van der Waals surface area contributed by atoms with E-state index in [-0.39, 0.29) is 11.9 Å².